The number of aliphatic hydroxyl groups excluding tert-OH is 1. The van der Waals surface area contributed by atoms with Crippen LogP contribution in [0.4, 0.5) is 0 Å². The molecule has 1 aromatic heterocycles. The fourth-order valence-electron chi connectivity index (χ4n) is 3.81. The van der Waals surface area contributed by atoms with Gasteiger partial charge in [0.05, 0.1) is 5.69 Å². The maximum atomic E-state index is 13.0. The summed E-state index contributed by atoms with van der Waals surface area (Å²) in [6.07, 6.45) is 2.90. The van der Waals surface area contributed by atoms with Gasteiger partial charge in [-0.1, -0.05) is 42.4 Å². The van der Waals surface area contributed by atoms with Crippen LogP contribution in [0.1, 0.15) is 87.8 Å². The number of aromatic nitrogens is 1. The summed E-state index contributed by atoms with van der Waals surface area (Å²) in [5.74, 6) is -1.70. The Hall–Kier alpha value is -2.67. The quantitative estimate of drug-likeness (QED) is 0.422. The Kier molecular flexibility index (Phi) is 7.72. The molecule has 0 aliphatic heterocycles. The molecule has 1 aliphatic rings. The number of nitrogens with zero attached hydrogens (tertiary/aromatic N) is 1. The highest BCUT2D eigenvalue weighted by molar-refractivity contribution is 5.95. The van der Waals surface area contributed by atoms with Crippen LogP contribution in [0.15, 0.2) is 34.9 Å². The first-order valence-corrected chi connectivity index (χ1v) is 11.3. The van der Waals surface area contributed by atoms with Crippen LogP contribution in [0.3, 0.4) is 0 Å². The zero-order valence-corrected chi connectivity index (χ0v) is 19.3. The minimum atomic E-state index is -1.08. The first-order chi connectivity index (χ1) is 15.2. The van der Waals surface area contributed by atoms with Gasteiger partial charge >= 0.3 is 11.9 Å². The number of esters is 2. The van der Waals surface area contributed by atoms with E-state index in [2.05, 4.69) is 5.16 Å². The summed E-state index contributed by atoms with van der Waals surface area (Å²) in [6.45, 7) is 7.16. The molecule has 7 heteroatoms. The normalized spacial score (nSPS) is 15.8. The van der Waals surface area contributed by atoms with Crippen molar-refractivity contribution < 1.29 is 28.7 Å². The highest BCUT2D eigenvalue weighted by atomic mass is 16.6. The van der Waals surface area contributed by atoms with Crippen molar-refractivity contribution in [1.29, 1.82) is 0 Å². The van der Waals surface area contributed by atoms with Crippen molar-refractivity contribution in [3.8, 4) is 0 Å². The monoisotopic (exact) mass is 443 g/mol. The molecule has 2 atom stereocenters. The second-order valence-corrected chi connectivity index (χ2v) is 9.36. The van der Waals surface area contributed by atoms with Crippen molar-refractivity contribution in [2.75, 3.05) is 0 Å². The molecule has 1 heterocycles. The molecular formula is C25H33NO6. The minimum absolute atomic E-state index is 0.0850. The highest BCUT2D eigenvalue weighted by Gasteiger charge is 2.39. The second kappa shape index (κ2) is 10.3. The molecule has 1 N–H and O–H groups in total. The van der Waals surface area contributed by atoms with Crippen LogP contribution in [-0.4, -0.2) is 27.8 Å². The summed E-state index contributed by atoms with van der Waals surface area (Å²) in [7, 11) is 0. The predicted octanol–water partition coefficient (Wildman–Crippen LogP) is 4.63. The fraction of sp³-hybridized carbons (Fsp3) is 0.560. The van der Waals surface area contributed by atoms with Crippen molar-refractivity contribution in [3.63, 3.8) is 0 Å². The Labute approximate surface area is 189 Å². The summed E-state index contributed by atoms with van der Waals surface area (Å²) in [4.78, 5) is 26.0. The number of carbonyl (C=O) groups is 2. The van der Waals surface area contributed by atoms with E-state index in [1.54, 1.807) is 20.8 Å². The molecule has 3 rings (SSSR count). The molecule has 1 aromatic carbocycles. The smallest absolute Gasteiger partial charge is 0.320 e. The van der Waals surface area contributed by atoms with E-state index in [1.165, 1.54) is 0 Å². The van der Waals surface area contributed by atoms with Crippen LogP contribution in [-0.2, 0) is 32.3 Å². The topological polar surface area (TPSA) is 98.9 Å². The lowest BCUT2D eigenvalue weighted by Gasteiger charge is -2.25. The second-order valence-electron chi connectivity index (χ2n) is 9.36. The molecule has 0 amide bonds. The predicted molar refractivity (Wildman–Crippen MR) is 118 cm³/mol. The van der Waals surface area contributed by atoms with Gasteiger partial charge in [-0.05, 0) is 57.9 Å². The van der Waals surface area contributed by atoms with Gasteiger partial charge in [-0.25, -0.2) is 0 Å². The lowest BCUT2D eigenvalue weighted by Crippen LogP contribution is -2.34. The summed E-state index contributed by atoms with van der Waals surface area (Å²) >= 11 is 0. The summed E-state index contributed by atoms with van der Waals surface area (Å²) < 4.78 is 16.4. The lowest BCUT2D eigenvalue weighted by atomic mass is 9.86. The minimum Gasteiger partial charge on any atom is -0.460 e. The molecule has 0 saturated heterocycles. The number of hydrogen-bond donors (Lipinski definition) is 1. The van der Waals surface area contributed by atoms with Gasteiger partial charge in [0, 0.05) is 11.5 Å². The van der Waals surface area contributed by atoms with Crippen molar-refractivity contribution >= 4 is 11.9 Å². The van der Waals surface area contributed by atoms with E-state index in [0.29, 0.717) is 18.1 Å². The largest absolute Gasteiger partial charge is 0.460 e. The third kappa shape index (κ3) is 6.19. The number of benzene rings is 1. The van der Waals surface area contributed by atoms with Gasteiger partial charge in [-0.2, -0.15) is 0 Å². The molecule has 1 fully saturated rings. The average molecular weight is 444 g/mol. The Balaban J connectivity index is 1.81. The highest BCUT2D eigenvalue weighted by Crippen LogP contribution is 2.46. The molecule has 1 unspecified atom stereocenters. The van der Waals surface area contributed by atoms with Gasteiger partial charge in [0.15, 0.2) is 11.7 Å². The van der Waals surface area contributed by atoms with E-state index in [-0.39, 0.29) is 25.6 Å². The SMILES string of the molecule is CCC(C[C@H](C(=O)OCc1ccccc1)C(=O)OC(C)(C)C)c1noc(CO)c1C1CC1. The molecule has 174 valence electrons. The molecule has 7 nitrogen and oxygen atoms in total. The van der Waals surface area contributed by atoms with Gasteiger partial charge in [-0.3, -0.25) is 9.59 Å². The van der Waals surface area contributed by atoms with Crippen LogP contribution in [0.2, 0.25) is 0 Å². The Morgan fingerprint density at radius 2 is 1.88 bits per heavy atom. The molecule has 1 saturated carbocycles. The third-order valence-electron chi connectivity index (χ3n) is 5.56. The van der Waals surface area contributed by atoms with Crippen LogP contribution in [0.25, 0.3) is 0 Å². The maximum absolute atomic E-state index is 13.0. The van der Waals surface area contributed by atoms with Crippen LogP contribution in [0, 0.1) is 5.92 Å². The van der Waals surface area contributed by atoms with E-state index in [9.17, 15) is 14.7 Å². The zero-order chi connectivity index (χ0) is 23.3. The van der Waals surface area contributed by atoms with Gasteiger partial charge in [0.1, 0.15) is 18.8 Å². The molecule has 32 heavy (non-hydrogen) atoms. The summed E-state index contributed by atoms with van der Waals surface area (Å²) in [6, 6.07) is 9.34. The lowest BCUT2D eigenvalue weighted by molar-refractivity contribution is -0.170. The van der Waals surface area contributed by atoms with E-state index in [0.717, 1.165) is 29.7 Å². The van der Waals surface area contributed by atoms with Crippen molar-refractivity contribution in [2.24, 2.45) is 5.92 Å². The van der Waals surface area contributed by atoms with Gasteiger partial charge in [0.2, 0.25) is 0 Å². The van der Waals surface area contributed by atoms with Crippen molar-refractivity contribution in [2.45, 2.75) is 84.0 Å². The Bertz CT molecular complexity index is 910. The first kappa shape index (κ1) is 24.0. The number of ether oxygens (including phenoxy) is 2. The number of aliphatic hydroxyl groups is 1. The van der Waals surface area contributed by atoms with Gasteiger partial charge < -0.3 is 19.1 Å². The maximum Gasteiger partial charge on any atom is 0.320 e. The van der Waals surface area contributed by atoms with Crippen molar-refractivity contribution in [3.05, 3.63) is 52.9 Å². The zero-order valence-electron chi connectivity index (χ0n) is 19.3. The van der Waals surface area contributed by atoms with E-state index < -0.39 is 23.5 Å². The van der Waals surface area contributed by atoms with Crippen LogP contribution < -0.4 is 0 Å². The fourth-order valence-corrected chi connectivity index (χ4v) is 3.81. The molecule has 2 aromatic rings. The van der Waals surface area contributed by atoms with E-state index in [4.69, 9.17) is 14.0 Å². The van der Waals surface area contributed by atoms with Gasteiger partial charge in [0.25, 0.3) is 0 Å². The molecule has 1 aliphatic carbocycles. The average Bonchev–Trinajstić information content (AvgIpc) is 3.51. The molecule has 0 spiro atoms. The first-order valence-electron chi connectivity index (χ1n) is 11.3. The Morgan fingerprint density at radius 1 is 1.19 bits per heavy atom. The number of rotatable bonds is 10. The molecule has 0 bridgehead atoms. The van der Waals surface area contributed by atoms with Gasteiger partial charge in [-0.15, -0.1) is 0 Å². The van der Waals surface area contributed by atoms with E-state index in [1.807, 2.05) is 37.3 Å². The summed E-state index contributed by atoms with van der Waals surface area (Å²) in [5, 5.41) is 13.9. The summed E-state index contributed by atoms with van der Waals surface area (Å²) in [5.41, 5.74) is 1.77. The molecular weight excluding hydrogens is 410 g/mol. The molecule has 0 radical (unpaired) electrons. The van der Waals surface area contributed by atoms with Crippen LogP contribution >= 0.6 is 0 Å². The standard InChI is InChI=1S/C25H33NO6/c1-5-17(22-21(18-11-12-18)20(14-27)32-26-22)13-19(24(29)31-25(2,3)4)23(28)30-15-16-9-7-6-8-10-16/h6-10,17-19,27H,5,11-15H2,1-4H3/t17?,19-/m1/s1. The number of carbonyl (C=O) groups excluding carboxylic acids is 2. The van der Waals surface area contributed by atoms with E-state index >= 15 is 0 Å². The Morgan fingerprint density at radius 3 is 2.44 bits per heavy atom. The van der Waals surface area contributed by atoms with Crippen LogP contribution in [0.5, 0.6) is 0 Å². The third-order valence-corrected chi connectivity index (χ3v) is 5.56. The number of hydrogen-bond acceptors (Lipinski definition) is 7. The van der Waals surface area contributed by atoms with Crippen molar-refractivity contribution in [1.82, 2.24) is 5.16 Å².